The second-order valence-corrected chi connectivity index (χ2v) is 9.34. The van der Waals surface area contributed by atoms with Gasteiger partial charge < -0.3 is 24.3 Å². The number of ether oxygens (including phenoxy) is 2. The van der Waals surface area contributed by atoms with Gasteiger partial charge in [0, 0.05) is 37.4 Å². The average Bonchev–Trinajstić information content (AvgIpc) is 3.63. The second kappa shape index (κ2) is 10.1. The molecule has 1 saturated heterocycles. The number of rotatable bonds is 7. The number of hydrogen-bond donors (Lipinski definition) is 1. The SMILES string of the molecule is COc1ccccc1-c1ccc(CNc2nc(N3CCOCC3)nc3c2ncn3C2CCCC2)cn1. The molecule has 3 aromatic heterocycles. The Morgan fingerprint density at radius 1 is 1.03 bits per heavy atom. The van der Waals surface area contributed by atoms with Gasteiger partial charge in [0.1, 0.15) is 5.75 Å². The van der Waals surface area contributed by atoms with Crippen LogP contribution in [0.4, 0.5) is 11.8 Å². The highest BCUT2D eigenvalue weighted by molar-refractivity contribution is 5.84. The number of benzene rings is 1. The monoisotopic (exact) mass is 485 g/mol. The summed E-state index contributed by atoms with van der Waals surface area (Å²) in [7, 11) is 1.68. The Morgan fingerprint density at radius 2 is 1.86 bits per heavy atom. The summed E-state index contributed by atoms with van der Waals surface area (Å²) in [6.07, 6.45) is 8.70. The average molecular weight is 486 g/mol. The lowest BCUT2D eigenvalue weighted by molar-refractivity contribution is 0.122. The van der Waals surface area contributed by atoms with E-state index in [0.29, 0.717) is 25.8 Å². The number of aromatic nitrogens is 5. The molecule has 2 fully saturated rings. The van der Waals surface area contributed by atoms with Crippen molar-refractivity contribution in [1.82, 2.24) is 24.5 Å². The third kappa shape index (κ3) is 4.46. The molecular formula is C27H31N7O2. The van der Waals surface area contributed by atoms with Crippen LogP contribution in [0.25, 0.3) is 22.4 Å². The lowest BCUT2D eigenvalue weighted by atomic mass is 10.1. The van der Waals surface area contributed by atoms with Crippen molar-refractivity contribution in [3.8, 4) is 17.0 Å². The normalized spacial score (nSPS) is 16.5. The first-order chi connectivity index (χ1) is 17.8. The van der Waals surface area contributed by atoms with Crippen LogP contribution in [0.3, 0.4) is 0 Å². The third-order valence-corrected chi connectivity index (χ3v) is 7.09. The molecular weight excluding hydrogens is 454 g/mol. The Kier molecular flexibility index (Phi) is 6.38. The predicted molar refractivity (Wildman–Crippen MR) is 139 cm³/mol. The summed E-state index contributed by atoms with van der Waals surface area (Å²) in [6.45, 7) is 3.55. The lowest BCUT2D eigenvalue weighted by Crippen LogP contribution is -2.37. The molecule has 0 atom stereocenters. The van der Waals surface area contributed by atoms with Crippen LogP contribution >= 0.6 is 0 Å². The van der Waals surface area contributed by atoms with E-state index in [1.165, 1.54) is 25.7 Å². The molecule has 186 valence electrons. The molecule has 0 bridgehead atoms. The first-order valence-corrected chi connectivity index (χ1v) is 12.7. The highest BCUT2D eigenvalue weighted by Crippen LogP contribution is 2.34. The number of morpholine rings is 1. The number of fused-ring (bicyclic) bond motifs is 1. The molecule has 1 saturated carbocycles. The molecule has 9 heteroatoms. The van der Waals surface area contributed by atoms with Crippen molar-refractivity contribution < 1.29 is 9.47 Å². The summed E-state index contributed by atoms with van der Waals surface area (Å²) < 4.78 is 13.3. The zero-order valence-electron chi connectivity index (χ0n) is 20.6. The second-order valence-electron chi connectivity index (χ2n) is 9.34. The fraction of sp³-hybridized carbons (Fsp3) is 0.407. The molecule has 4 aromatic rings. The summed E-state index contributed by atoms with van der Waals surface area (Å²) in [5, 5.41) is 3.52. The van der Waals surface area contributed by atoms with Gasteiger partial charge in [0.05, 0.1) is 32.3 Å². The van der Waals surface area contributed by atoms with Gasteiger partial charge >= 0.3 is 0 Å². The Balaban J connectivity index is 1.27. The van der Waals surface area contributed by atoms with E-state index in [1.54, 1.807) is 7.11 Å². The minimum atomic E-state index is 0.460. The fourth-order valence-electron chi connectivity index (χ4n) is 5.11. The first-order valence-electron chi connectivity index (χ1n) is 12.7. The number of pyridine rings is 1. The fourth-order valence-corrected chi connectivity index (χ4v) is 5.11. The van der Waals surface area contributed by atoms with Crippen molar-refractivity contribution in [2.45, 2.75) is 38.3 Å². The summed E-state index contributed by atoms with van der Waals surface area (Å²) in [5.74, 6) is 2.30. The van der Waals surface area contributed by atoms with E-state index >= 15 is 0 Å². The van der Waals surface area contributed by atoms with Crippen LogP contribution in [-0.4, -0.2) is 57.9 Å². The molecule has 36 heavy (non-hydrogen) atoms. The van der Waals surface area contributed by atoms with Gasteiger partial charge in [0.25, 0.3) is 0 Å². The van der Waals surface area contributed by atoms with Crippen molar-refractivity contribution in [3.63, 3.8) is 0 Å². The zero-order chi connectivity index (χ0) is 24.3. The van der Waals surface area contributed by atoms with Gasteiger partial charge in [-0.05, 0) is 36.6 Å². The highest BCUT2D eigenvalue weighted by Gasteiger charge is 2.23. The summed E-state index contributed by atoms with van der Waals surface area (Å²) in [6, 6.07) is 12.5. The number of nitrogens with zero attached hydrogens (tertiary/aromatic N) is 6. The van der Waals surface area contributed by atoms with Crippen LogP contribution in [0.15, 0.2) is 48.9 Å². The molecule has 0 radical (unpaired) electrons. The van der Waals surface area contributed by atoms with Crippen LogP contribution in [0, 0.1) is 0 Å². The molecule has 0 unspecified atom stereocenters. The van der Waals surface area contributed by atoms with E-state index in [4.69, 9.17) is 24.4 Å². The number of imidazole rings is 1. The van der Waals surface area contributed by atoms with Crippen molar-refractivity contribution in [2.24, 2.45) is 0 Å². The van der Waals surface area contributed by atoms with Crippen molar-refractivity contribution in [1.29, 1.82) is 0 Å². The number of nitrogens with one attached hydrogen (secondary N) is 1. The predicted octanol–water partition coefficient (Wildman–Crippen LogP) is 4.46. The Morgan fingerprint density at radius 3 is 2.64 bits per heavy atom. The Hall–Kier alpha value is -3.72. The Bertz CT molecular complexity index is 1330. The van der Waals surface area contributed by atoms with Gasteiger partial charge in [-0.1, -0.05) is 31.0 Å². The van der Waals surface area contributed by atoms with Crippen LogP contribution < -0.4 is 15.0 Å². The molecule has 1 N–H and O–H groups in total. The number of methoxy groups -OCH3 is 1. The van der Waals surface area contributed by atoms with E-state index in [2.05, 4.69) is 25.8 Å². The van der Waals surface area contributed by atoms with Crippen molar-refractivity contribution in [2.75, 3.05) is 43.6 Å². The molecule has 0 spiro atoms. The highest BCUT2D eigenvalue weighted by atomic mass is 16.5. The lowest BCUT2D eigenvalue weighted by Gasteiger charge is -2.27. The van der Waals surface area contributed by atoms with Gasteiger partial charge in [-0.2, -0.15) is 9.97 Å². The quantitative estimate of drug-likeness (QED) is 0.410. The van der Waals surface area contributed by atoms with Crippen LogP contribution in [0.2, 0.25) is 0 Å². The van der Waals surface area contributed by atoms with Crippen LogP contribution in [-0.2, 0) is 11.3 Å². The maximum atomic E-state index is 5.55. The summed E-state index contributed by atoms with van der Waals surface area (Å²) >= 11 is 0. The first kappa shape index (κ1) is 22.7. The van der Waals surface area contributed by atoms with E-state index < -0.39 is 0 Å². The van der Waals surface area contributed by atoms with Crippen LogP contribution in [0.5, 0.6) is 5.75 Å². The number of anilines is 2. The van der Waals surface area contributed by atoms with Crippen LogP contribution in [0.1, 0.15) is 37.3 Å². The molecule has 1 aliphatic carbocycles. The molecule has 0 amide bonds. The topological polar surface area (TPSA) is 90.2 Å². The van der Waals surface area contributed by atoms with E-state index in [0.717, 1.165) is 58.6 Å². The zero-order valence-corrected chi connectivity index (χ0v) is 20.6. The maximum Gasteiger partial charge on any atom is 0.229 e. The van der Waals surface area contributed by atoms with Crippen molar-refractivity contribution >= 4 is 22.9 Å². The number of hydrogen-bond acceptors (Lipinski definition) is 8. The van der Waals surface area contributed by atoms with Gasteiger partial charge in [0.15, 0.2) is 17.0 Å². The molecule has 1 aromatic carbocycles. The maximum absolute atomic E-state index is 5.55. The third-order valence-electron chi connectivity index (χ3n) is 7.09. The largest absolute Gasteiger partial charge is 0.496 e. The summed E-state index contributed by atoms with van der Waals surface area (Å²) in [4.78, 5) is 21.5. The summed E-state index contributed by atoms with van der Waals surface area (Å²) in [5.41, 5.74) is 4.64. The molecule has 1 aliphatic heterocycles. The minimum absolute atomic E-state index is 0.460. The van der Waals surface area contributed by atoms with Crippen molar-refractivity contribution in [3.05, 3.63) is 54.5 Å². The van der Waals surface area contributed by atoms with E-state index in [-0.39, 0.29) is 0 Å². The van der Waals surface area contributed by atoms with Gasteiger partial charge in [-0.3, -0.25) is 4.98 Å². The number of para-hydroxylation sites is 1. The molecule has 6 rings (SSSR count). The van der Waals surface area contributed by atoms with Gasteiger partial charge in [-0.15, -0.1) is 0 Å². The van der Waals surface area contributed by atoms with Gasteiger partial charge in [0.2, 0.25) is 5.95 Å². The van der Waals surface area contributed by atoms with E-state index in [1.807, 2.05) is 42.9 Å². The minimum Gasteiger partial charge on any atom is -0.496 e. The Labute approximate surface area is 210 Å². The molecule has 9 nitrogen and oxygen atoms in total. The smallest absolute Gasteiger partial charge is 0.229 e. The molecule has 4 heterocycles. The molecule has 2 aliphatic rings. The van der Waals surface area contributed by atoms with Gasteiger partial charge in [-0.25, -0.2) is 4.98 Å². The standard InChI is InChI=1S/C27H31N7O2/c1-35-23-9-5-4-8-21(23)22-11-10-19(16-28-22)17-29-25-24-26(34(18-30-24)20-6-2-3-7-20)32-27(31-25)33-12-14-36-15-13-33/h4-5,8-11,16,18,20H,2-3,6-7,12-15,17H2,1H3,(H,29,31,32). The van der Waals surface area contributed by atoms with E-state index in [9.17, 15) is 0 Å².